The molecule has 54 valence electrons. The average molecular weight is 149 g/mol. The zero-order valence-corrected chi connectivity index (χ0v) is 6.53. The minimum atomic E-state index is 0.479. The molecule has 1 nitrogen and oxygen atoms in total. The van der Waals surface area contributed by atoms with Crippen LogP contribution in [0.15, 0.2) is 0 Å². The summed E-state index contributed by atoms with van der Waals surface area (Å²) < 4.78 is 5.29. The molecule has 0 aromatic heterocycles. The highest BCUT2D eigenvalue weighted by Crippen LogP contribution is 2.25. The van der Waals surface area contributed by atoms with Crippen molar-refractivity contribution >= 4 is 11.6 Å². The van der Waals surface area contributed by atoms with Crippen molar-refractivity contribution in [3.8, 4) is 0 Å². The lowest BCUT2D eigenvalue weighted by Crippen LogP contribution is -2.40. The summed E-state index contributed by atoms with van der Waals surface area (Å²) in [6.45, 7) is 3.06. The highest BCUT2D eigenvalue weighted by Gasteiger charge is 2.29. The molecule has 1 heterocycles. The van der Waals surface area contributed by atoms with Crippen LogP contribution in [0.5, 0.6) is 0 Å². The molecule has 0 bridgehead atoms. The lowest BCUT2D eigenvalue weighted by Gasteiger charge is -2.35. The lowest BCUT2D eigenvalue weighted by atomic mass is 9.96. The van der Waals surface area contributed by atoms with Gasteiger partial charge in [0.25, 0.3) is 0 Å². The Morgan fingerprint density at radius 2 is 2.44 bits per heavy atom. The van der Waals surface area contributed by atoms with Gasteiger partial charge in [0.2, 0.25) is 0 Å². The van der Waals surface area contributed by atoms with E-state index >= 15 is 0 Å². The van der Waals surface area contributed by atoms with Crippen LogP contribution in [0, 0.1) is 5.92 Å². The van der Waals surface area contributed by atoms with Gasteiger partial charge in [-0.05, 0) is 6.42 Å². The summed E-state index contributed by atoms with van der Waals surface area (Å²) in [5, 5.41) is 0. The maximum Gasteiger partial charge on any atom is 0.0636 e. The molecule has 0 radical (unpaired) electrons. The third-order valence-corrected chi connectivity index (χ3v) is 2.22. The number of halogens is 1. The molecule has 1 saturated heterocycles. The maximum atomic E-state index is 5.65. The molecule has 2 atom stereocenters. The highest BCUT2D eigenvalue weighted by atomic mass is 35.5. The fourth-order valence-corrected chi connectivity index (χ4v) is 1.40. The second-order valence-electron chi connectivity index (χ2n) is 2.57. The van der Waals surface area contributed by atoms with E-state index in [4.69, 9.17) is 16.3 Å². The zero-order valence-electron chi connectivity index (χ0n) is 5.77. The Morgan fingerprint density at radius 3 is 2.78 bits per heavy atom. The van der Waals surface area contributed by atoms with Crippen LogP contribution in [0.4, 0.5) is 0 Å². The first-order chi connectivity index (χ1) is 4.38. The summed E-state index contributed by atoms with van der Waals surface area (Å²) in [5.74, 6) is 1.41. The first-order valence-electron chi connectivity index (χ1n) is 3.56. The van der Waals surface area contributed by atoms with Crippen molar-refractivity contribution in [2.45, 2.75) is 25.9 Å². The van der Waals surface area contributed by atoms with Gasteiger partial charge in [-0.1, -0.05) is 13.3 Å². The topological polar surface area (TPSA) is 9.23 Å². The molecule has 0 aromatic rings. The van der Waals surface area contributed by atoms with Crippen molar-refractivity contribution in [3.05, 3.63) is 0 Å². The number of rotatable bonds is 3. The fourth-order valence-electron chi connectivity index (χ4n) is 1.12. The van der Waals surface area contributed by atoms with E-state index in [9.17, 15) is 0 Å². The van der Waals surface area contributed by atoms with E-state index in [0.717, 1.165) is 12.5 Å². The predicted molar refractivity (Wildman–Crippen MR) is 38.9 cm³/mol. The van der Waals surface area contributed by atoms with Gasteiger partial charge in [-0.2, -0.15) is 0 Å². The van der Waals surface area contributed by atoms with Crippen LogP contribution in [-0.4, -0.2) is 18.6 Å². The summed E-state index contributed by atoms with van der Waals surface area (Å²) in [5.41, 5.74) is 0. The molecular weight excluding hydrogens is 136 g/mol. The smallest absolute Gasteiger partial charge is 0.0636 e. The van der Waals surface area contributed by atoms with Crippen LogP contribution in [-0.2, 0) is 4.74 Å². The molecule has 0 aliphatic carbocycles. The second-order valence-corrected chi connectivity index (χ2v) is 2.88. The van der Waals surface area contributed by atoms with Crippen LogP contribution in [0.25, 0.3) is 0 Å². The van der Waals surface area contributed by atoms with Crippen LogP contribution in [0.3, 0.4) is 0 Å². The number of hydrogen-bond acceptors (Lipinski definition) is 1. The van der Waals surface area contributed by atoms with E-state index in [0.29, 0.717) is 12.0 Å². The van der Waals surface area contributed by atoms with Crippen LogP contribution in [0.1, 0.15) is 19.8 Å². The fraction of sp³-hybridized carbons (Fsp3) is 1.00. The quantitative estimate of drug-likeness (QED) is 0.557. The Kier molecular flexibility index (Phi) is 2.80. The van der Waals surface area contributed by atoms with Crippen molar-refractivity contribution in [2.24, 2.45) is 5.92 Å². The summed E-state index contributed by atoms with van der Waals surface area (Å²) in [4.78, 5) is 0. The van der Waals surface area contributed by atoms with Gasteiger partial charge in [0, 0.05) is 11.8 Å². The third-order valence-electron chi connectivity index (χ3n) is 1.82. The maximum absolute atomic E-state index is 5.65. The van der Waals surface area contributed by atoms with Crippen LogP contribution in [0.2, 0.25) is 0 Å². The normalized spacial score (nSPS) is 34.0. The van der Waals surface area contributed by atoms with Crippen molar-refractivity contribution in [1.29, 1.82) is 0 Å². The van der Waals surface area contributed by atoms with Gasteiger partial charge in [-0.3, -0.25) is 0 Å². The largest absolute Gasteiger partial charge is 0.377 e. The number of ether oxygens (including phenoxy) is 1. The second kappa shape index (κ2) is 3.43. The summed E-state index contributed by atoms with van der Waals surface area (Å²) in [7, 11) is 0. The molecule has 9 heavy (non-hydrogen) atoms. The van der Waals surface area contributed by atoms with E-state index in [2.05, 4.69) is 6.92 Å². The van der Waals surface area contributed by atoms with Gasteiger partial charge in [0.05, 0.1) is 12.7 Å². The zero-order chi connectivity index (χ0) is 6.69. The number of alkyl halides is 1. The summed E-state index contributed by atoms with van der Waals surface area (Å²) >= 11 is 5.65. The van der Waals surface area contributed by atoms with Crippen molar-refractivity contribution < 1.29 is 4.74 Å². The molecule has 0 saturated carbocycles. The van der Waals surface area contributed by atoms with Crippen molar-refractivity contribution in [3.63, 3.8) is 0 Å². The molecule has 0 amide bonds. The third kappa shape index (κ3) is 1.59. The monoisotopic (exact) mass is 148 g/mol. The first kappa shape index (κ1) is 7.36. The SMILES string of the molecule is CCCC1OCC1CCl. The highest BCUT2D eigenvalue weighted by molar-refractivity contribution is 6.18. The Hall–Kier alpha value is 0.250. The Morgan fingerprint density at radius 1 is 1.67 bits per heavy atom. The summed E-state index contributed by atoms with van der Waals surface area (Å²) in [6, 6.07) is 0. The molecule has 2 unspecified atom stereocenters. The Balaban J connectivity index is 2.11. The number of hydrogen-bond donors (Lipinski definition) is 0. The first-order valence-corrected chi connectivity index (χ1v) is 4.09. The molecule has 1 rings (SSSR count). The van der Waals surface area contributed by atoms with Gasteiger partial charge < -0.3 is 4.74 Å². The molecular formula is C7H13ClO. The van der Waals surface area contributed by atoms with E-state index < -0.39 is 0 Å². The molecule has 1 aliphatic rings. The van der Waals surface area contributed by atoms with E-state index in [1.807, 2.05) is 0 Å². The molecule has 0 N–H and O–H groups in total. The molecule has 1 fully saturated rings. The standard InChI is InChI=1S/C7H13ClO/c1-2-3-7-6(4-8)5-9-7/h6-7H,2-5H2,1H3. The Labute approximate surface area is 61.3 Å². The van der Waals surface area contributed by atoms with E-state index in [1.165, 1.54) is 12.8 Å². The Bertz CT molecular complexity index is 83.0. The van der Waals surface area contributed by atoms with Crippen LogP contribution >= 0.6 is 11.6 Å². The van der Waals surface area contributed by atoms with Crippen molar-refractivity contribution in [2.75, 3.05) is 12.5 Å². The predicted octanol–water partition coefficient (Wildman–Crippen LogP) is 2.04. The minimum absolute atomic E-state index is 0.479. The molecule has 0 aromatic carbocycles. The van der Waals surface area contributed by atoms with Gasteiger partial charge in [-0.25, -0.2) is 0 Å². The van der Waals surface area contributed by atoms with Crippen LogP contribution < -0.4 is 0 Å². The van der Waals surface area contributed by atoms with Gasteiger partial charge in [-0.15, -0.1) is 11.6 Å². The minimum Gasteiger partial charge on any atom is -0.377 e. The molecule has 0 spiro atoms. The van der Waals surface area contributed by atoms with Gasteiger partial charge in [0.15, 0.2) is 0 Å². The van der Waals surface area contributed by atoms with E-state index in [1.54, 1.807) is 0 Å². The average Bonchev–Trinajstić information content (AvgIpc) is 1.82. The lowest BCUT2D eigenvalue weighted by molar-refractivity contribution is -0.108. The summed E-state index contributed by atoms with van der Waals surface area (Å²) in [6.07, 6.45) is 2.86. The molecule has 2 heteroatoms. The van der Waals surface area contributed by atoms with Gasteiger partial charge >= 0.3 is 0 Å². The van der Waals surface area contributed by atoms with Gasteiger partial charge in [0.1, 0.15) is 0 Å². The molecule has 1 aliphatic heterocycles. The van der Waals surface area contributed by atoms with E-state index in [-0.39, 0.29) is 0 Å². The van der Waals surface area contributed by atoms with Crippen molar-refractivity contribution in [1.82, 2.24) is 0 Å².